The highest BCUT2D eigenvalue weighted by molar-refractivity contribution is 7.47. The topological polar surface area (TPSA) is 172 Å². The minimum atomic E-state index is -4.73. The fourth-order valence-corrected chi connectivity index (χ4v) is 6.22. The smallest absolute Gasteiger partial charge is 0.472 e. The second-order valence-electron chi connectivity index (χ2n) is 14.5. The van der Waals surface area contributed by atoms with E-state index in [1.807, 2.05) is 12.2 Å². The Balaban J connectivity index is 4.48. The summed E-state index contributed by atoms with van der Waals surface area (Å²) >= 11 is 0. The lowest BCUT2D eigenvalue weighted by atomic mass is 10.1. The molecule has 3 atom stereocenters. The van der Waals surface area contributed by atoms with Gasteiger partial charge in [0.2, 0.25) is 0 Å². The van der Waals surface area contributed by atoms with E-state index in [1.165, 1.54) is 57.8 Å². The molecule has 0 aliphatic carbocycles. The molecule has 0 fully saturated rings. The lowest BCUT2D eigenvalue weighted by molar-refractivity contribution is -0.161. The zero-order valence-electron chi connectivity index (χ0n) is 35.9. The Morgan fingerprint density at radius 2 is 0.931 bits per heavy atom. The van der Waals surface area contributed by atoms with Crippen molar-refractivity contribution >= 4 is 25.7 Å². The van der Waals surface area contributed by atoms with Crippen molar-refractivity contribution in [1.82, 2.24) is 0 Å². The van der Waals surface area contributed by atoms with Gasteiger partial charge in [0.05, 0.1) is 13.2 Å². The number of carbonyl (C=O) groups is 3. The van der Waals surface area contributed by atoms with Crippen LogP contribution < -0.4 is 5.73 Å². The summed E-state index contributed by atoms with van der Waals surface area (Å²) in [5.41, 5.74) is 5.33. The fourth-order valence-electron chi connectivity index (χ4n) is 5.44. The summed E-state index contributed by atoms with van der Waals surface area (Å²) in [6.07, 6.45) is 48.2. The van der Waals surface area contributed by atoms with E-state index in [9.17, 15) is 23.8 Å². The minimum absolute atomic E-state index is 0.137. The highest BCUT2D eigenvalue weighted by atomic mass is 31.2. The van der Waals surface area contributed by atoms with E-state index < -0.39 is 51.1 Å². The Labute approximate surface area is 350 Å². The van der Waals surface area contributed by atoms with Crippen molar-refractivity contribution in [3.63, 3.8) is 0 Å². The summed E-state index contributed by atoms with van der Waals surface area (Å²) in [5.74, 6) is -2.47. The van der Waals surface area contributed by atoms with E-state index in [4.69, 9.17) is 24.8 Å². The summed E-state index contributed by atoms with van der Waals surface area (Å²) < 4.78 is 32.6. The van der Waals surface area contributed by atoms with E-state index in [0.29, 0.717) is 19.3 Å². The predicted octanol–water partition coefficient (Wildman–Crippen LogP) is 11.7. The highest BCUT2D eigenvalue weighted by Crippen LogP contribution is 2.43. The molecule has 0 amide bonds. The summed E-state index contributed by atoms with van der Waals surface area (Å²) in [5, 5.41) is 8.89. The van der Waals surface area contributed by atoms with Crippen molar-refractivity contribution in [3.8, 4) is 0 Å². The van der Waals surface area contributed by atoms with E-state index in [0.717, 1.165) is 64.2 Å². The number of nitrogens with two attached hydrogens (primary N) is 1. The molecule has 1 unspecified atom stereocenters. The zero-order valence-corrected chi connectivity index (χ0v) is 36.8. The van der Waals surface area contributed by atoms with Crippen LogP contribution in [0.25, 0.3) is 0 Å². The van der Waals surface area contributed by atoms with E-state index >= 15 is 0 Å². The van der Waals surface area contributed by atoms with Gasteiger partial charge < -0.3 is 25.2 Å². The molecule has 4 N–H and O–H groups in total. The number of phosphoric ester groups is 1. The second kappa shape index (κ2) is 40.7. The first kappa shape index (κ1) is 54.9. The van der Waals surface area contributed by atoms with Gasteiger partial charge in [-0.1, -0.05) is 145 Å². The molecule has 0 aromatic carbocycles. The number of unbranched alkanes of at least 4 members (excludes halogenated alkanes) is 14. The van der Waals surface area contributed by atoms with Crippen LogP contribution in [0.4, 0.5) is 0 Å². The Kier molecular flexibility index (Phi) is 38.5. The summed E-state index contributed by atoms with van der Waals surface area (Å²) in [6, 6.07) is -1.53. The lowest BCUT2D eigenvalue weighted by Gasteiger charge is -2.20. The van der Waals surface area contributed by atoms with Crippen LogP contribution in [0.3, 0.4) is 0 Å². The average molecular weight is 836 g/mol. The molecule has 0 radical (unpaired) electrons. The van der Waals surface area contributed by atoms with Crippen LogP contribution in [0.2, 0.25) is 0 Å². The second-order valence-corrected chi connectivity index (χ2v) is 15.9. The molecule has 0 saturated heterocycles. The molecule has 0 bridgehead atoms. The van der Waals surface area contributed by atoms with Gasteiger partial charge in [-0.3, -0.25) is 23.4 Å². The number of carbonyl (C=O) groups excluding carboxylic acids is 2. The van der Waals surface area contributed by atoms with Crippen LogP contribution in [-0.2, 0) is 37.5 Å². The molecule has 0 saturated carbocycles. The van der Waals surface area contributed by atoms with Crippen LogP contribution in [0.5, 0.6) is 0 Å². The maximum atomic E-state index is 12.6. The first-order chi connectivity index (χ1) is 28.1. The molecular weight excluding hydrogens is 757 g/mol. The molecular formula is C46H78NO10P. The van der Waals surface area contributed by atoms with Crippen LogP contribution in [0, 0.1) is 0 Å². The molecule has 11 nitrogen and oxygen atoms in total. The zero-order chi connectivity index (χ0) is 42.8. The van der Waals surface area contributed by atoms with Gasteiger partial charge in [-0.05, 0) is 83.5 Å². The normalized spacial score (nSPS) is 14.4. The third-order valence-electron chi connectivity index (χ3n) is 8.93. The molecule has 0 aliphatic rings. The molecule has 58 heavy (non-hydrogen) atoms. The Bertz CT molecular complexity index is 1260. The number of phosphoric acid groups is 1. The third kappa shape index (κ3) is 39.7. The van der Waals surface area contributed by atoms with Crippen molar-refractivity contribution in [2.24, 2.45) is 5.73 Å². The Morgan fingerprint density at radius 3 is 1.41 bits per heavy atom. The van der Waals surface area contributed by atoms with Gasteiger partial charge in [0, 0.05) is 12.8 Å². The van der Waals surface area contributed by atoms with Crippen LogP contribution in [0.1, 0.15) is 168 Å². The first-order valence-electron chi connectivity index (χ1n) is 22.0. The van der Waals surface area contributed by atoms with Gasteiger partial charge in [-0.15, -0.1) is 0 Å². The van der Waals surface area contributed by atoms with Crippen LogP contribution in [-0.4, -0.2) is 59.9 Å². The van der Waals surface area contributed by atoms with Gasteiger partial charge in [0.15, 0.2) is 6.10 Å². The molecule has 332 valence electrons. The van der Waals surface area contributed by atoms with Crippen molar-refractivity contribution in [2.45, 2.75) is 180 Å². The SMILES string of the molecule is CCCCC/C=C\C/C=C\C/C=C\C/C=C\CCCC(=O)OC[C@H](COP(=O)(O)OC[C@H](N)C(=O)O)OC(=O)CCCCCCCCC/C=C\C/C=C\CCCCC. The number of carboxylic acid groups (broad SMARTS) is 1. The summed E-state index contributed by atoms with van der Waals surface area (Å²) in [4.78, 5) is 45.9. The monoisotopic (exact) mass is 836 g/mol. The van der Waals surface area contributed by atoms with Gasteiger partial charge in [0.1, 0.15) is 12.6 Å². The maximum absolute atomic E-state index is 12.6. The number of hydrogen-bond donors (Lipinski definition) is 3. The molecule has 0 rings (SSSR count). The van der Waals surface area contributed by atoms with Gasteiger partial charge in [-0.2, -0.15) is 0 Å². The minimum Gasteiger partial charge on any atom is -0.480 e. The summed E-state index contributed by atoms with van der Waals surface area (Å²) in [6.45, 7) is 2.67. The van der Waals surface area contributed by atoms with Gasteiger partial charge >= 0.3 is 25.7 Å². The van der Waals surface area contributed by atoms with Gasteiger partial charge in [0.25, 0.3) is 0 Å². The largest absolute Gasteiger partial charge is 0.480 e. The fraction of sp³-hybridized carbons (Fsp3) is 0.674. The highest BCUT2D eigenvalue weighted by Gasteiger charge is 2.28. The first-order valence-corrected chi connectivity index (χ1v) is 23.5. The number of carboxylic acids is 1. The van der Waals surface area contributed by atoms with E-state index in [-0.39, 0.29) is 19.4 Å². The van der Waals surface area contributed by atoms with E-state index in [1.54, 1.807) is 0 Å². The van der Waals surface area contributed by atoms with Crippen molar-refractivity contribution < 1.29 is 47.5 Å². The standard InChI is InChI=1S/C46H78NO10P/c1-3-5-7-9-11-13-15-17-19-21-23-25-27-29-31-33-35-37-44(48)54-39-42(40-55-58(52,53)56-41-43(47)46(50)51)57-45(49)38-36-34-32-30-28-26-24-22-20-18-16-14-12-10-8-6-4-2/h11-14,17-20,23,25,29,31,42-43H,3-10,15-16,21-22,24,26-28,30,32-41,47H2,1-2H3,(H,50,51)(H,52,53)/b13-11-,14-12-,19-17-,20-18-,25-23-,31-29-/t42-,43+/m1/s1. The van der Waals surface area contributed by atoms with Gasteiger partial charge in [-0.25, -0.2) is 4.57 Å². The predicted molar refractivity (Wildman–Crippen MR) is 235 cm³/mol. The molecule has 0 spiro atoms. The number of hydrogen-bond acceptors (Lipinski definition) is 9. The number of allylic oxidation sites excluding steroid dienone is 12. The van der Waals surface area contributed by atoms with Crippen LogP contribution in [0.15, 0.2) is 72.9 Å². The Hall–Kier alpha value is -3.08. The summed E-state index contributed by atoms with van der Waals surface area (Å²) in [7, 11) is -4.73. The third-order valence-corrected chi connectivity index (χ3v) is 9.88. The molecule has 0 aromatic heterocycles. The number of rotatable bonds is 40. The number of aliphatic carboxylic acids is 1. The Morgan fingerprint density at radius 1 is 0.534 bits per heavy atom. The molecule has 12 heteroatoms. The van der Waals surface area contributed by atoms with Crippen molar-refractivity contribution in [2.75, 3.05) is 19.8 Å². The maximum Gasteiger partial charge on any atom is 0.472 e. The van der Waals surface area contributed by atoms with Crippen LogP contribution >= 0.6 is 7.82 Å². The van der Waals surface area contributed by atoms with Crippen molar-refractivity contribution in [3.05, 3.63) is 72.9 Å². The quantitative estimate of drug-likeness (QED) is 0.0232. The molecule has 0 aliphatic heterocycles. The van der Waals surface area contributed by atoms with E-state index in [2.05, 4.69) is 79.1 Å². The number of ether oxygens (including phenoxy) is 2. The molecule has 0 aromatic rings. The average Bonchev–Trinajstić information content (AvgIpc) is 3.20. The lowest BCUT2D eigenvalue weighted by Crippen LogP contribution is -2.34. The van der Waals surface area contributed by atoms with Crippen molar-refractivity contribution in [1.29, 1.82) is 0 Å². The molecule has 0 heterocycles. The number of esters is 2.